The van der Waals surface area contributed by atoms with Gasteiger partial charge in [0, 0.05) is 0 Å². The van der Waals surface area contributed by atoms with E-state index in [4.69, 9.17) is 59.1 Å². The van der Waals surface area contributed by atoms with E-state index in [0.29, 0.717) is 0 Å². The molecule has 24 heavy (non-hydrogen) atoms. The molecule has 0 fully saturated rings. The SMILES string of the molecule is O=[14C]([O-])P(=O)(O)O.O=[14C]([O-])P(=O)(O)O.O=[14C]([O-])P(=O)(O)O.[Na+].[Na+].[Na+]. The fourth-order valence-electron chi connectivity index (χ4n) is 0. The Morgan fingerprint density at radius 2 is 0.542 bits per heavy atom. The summed E-state index contributed by atoms with van der Waals surface area (Å²) in [4.78, 5) is 72.7. The van der Waals surface area contributed by atoms with Crippen molar-refractivity contribution in [1.82, 2.24) is 0 Å². The maximum atomic E-state index is 9.36. The van der Waals surface area contributed by atoms with E-state index in [9.17, 15) is 13.7 Å². The van der Waals surface area contributed by atoms with E-state index in [1.165, 1.54) is 0 Å². The van der Waals surface area contributed by atoms with Crippen molar-refractivity contribution >= 4 is 39.9 Å². The van der Waals surface area contributed by atoms with E-state index in [1.54, 1.807) is 0 Å². The number of hydrogen-bond donors (Lipinski definition) is 6. The Labute approximate surface area is 199 Å². The van der Waals surface area contributed by atoms with Crippen molar-refractivity contribution in [2.75, 3.05) is 0 Å². The molecule has 126 valence electrons. The molecule has 0 radical (unpaired) electrons. The zero-order valence-electron chi connectivity index (χ0n) is 12.2. The summed E-state index contributed by atoms with van der Waals surface area (Å²) < 4.78 is 28.1. The van der Waals surface area contributed by atoms with Gasteiger partial charge in [-0.1, -0.05) is 0 Å². The van der Waals surface area contributed by atoms with Gasteiger partial charge in [0.05, 0.1) is 0 Å². The Balaban J connectivity index is -0.0000000476. The molecule has 0 saturated carbocycles. The van der Waals surface area contributed by atoms with Crippen LogP contribution in [0.4, 0.5) is 14.4 Å². The molecule has 0 rings (SSSR count). The molecule has 0 amide bonds. The molecular weight excluding hydrogens is 444 g/mol. The van der Waals surface area contributed by atoms with Crippen LogP contribution in [0.25, 0.3) is 0 Å². The van der Waals surface area contributed by atoms with Crippen LogP contribution in [0.15, 0.2) is 0 Å². The number of carboxylic acid groups (broad SMARTS) is 3. The van der Waals surface area contributed by atoms with Crippen LogP contribution in [-0.2, 0) is 13.7 Å². The Morgan fingerprint density at radius 3 is 0.542 bits per heavy atom. The van der Waals surface area contributed by atoms with Crippen LogP contribution >= 0.6 is 22.8 Å². The van der Waals surface area contributed by atoms with Crippen LogP contribution in [0.2, 0.25) is 0 Å². The molecule has 0 aliphatic carbocycles. The Morgan fingerprint density at radius 1 is 0.500 bits per heavy atom. The minimum Gasteiger partial charge on any atom is -0.538 e. The summed E-state index contributed by atoms with van der Waals surface area (Å²) in [6, 6.07) is 0. The van der Waals surface area contributed by atoms with Gasteiger partial charge in [0.15, 0.2) is 17.1 Å². The fraction of sp³-hybridized carbons (Fsp3) is 0. The first kappa shape index (κ1) is 40.5. The standard InChI is InChI=1S/3CH3O5P.3Na/c3*2-1(3)7(4,5)6;;;/h3*(H,2,3)(H2,4,5,6);;;/q;;;3*+1/p-3/i3*1+2;;;. The molecule has 0 aromatic rings. The van der Waals surface area contributed by atoms with Gasteiger partial charge in [-0.15, -0.1) is 0 Å². The van der Waals surface area contributed by atoms with Crippen molar-refractivity contribution in [1.29, 1.82) is 0 Å². The van der Waals surface area contributed by atoms with Crippen molar-refractivity contribution in [3.05, 3.63) is 0 Å². The second-order valence-electron chi connectivity index (χ2n) is 2.43. The van der Waals surface area contributed by atoms with Gasteiger partial charge in [0.1, 0.15) is 0 Å². The number of carbonyl (C=O) groups excluding carboxylic acids is 3. The van der Waals surface area contributed by atoms with Crippen molar-refractivity contribution in [3.8, 4) is 0 Å². The molecule has 15 nitrogen and oxygen atoms in total. The van der Waals surface area contributed by atoms with Gasteiger partial charge in [-0.3, -0.25) is 13.7 Å². The molecule has 21 heteroatoms. The minimum atomic E-state index is -4.93. The molecule has 0 atom stereocenters. The molecule has 0 heterocycles. The average molecular weight is 450 g/mol. The smallest absolute Gasteiger partial charge is 0.538 e. The first-order valence-corrected chi connectivity index (χ1v) is 8.48. The number of hydrogen-bond acceptors (Lipinski definition) is 9. The third-order valence-corrected chi connectivity index (χ3v) is 2.14. The van der Waals surface area contributed by atoms with Gasteiger partial charge in [-0.05, 0) is 0 Å². The Kier molecular flexibility index (Phi) is 28.7. The monoisotopic (exact) mass is 450 g/mol. The minimum absolute atomic E-state index is 0. The third kappa shape index (κ3) is 31.6. The molecule has 0 aromatic heterocycles. The fourth-order valence-corrected chi connectivity index (χ4v) is 0. The van der Waals surface area contributed by atoms with E-state index < -0.39 is 39.9 Å². The first-order valence-electron chi connectivity index (χ1n) is 3.64. The summed E-state index contributed by atoms with van der Waals surface area (Å²) in [5.74, 6) is 0. The van der Waals surface area contributed by atoms with E-state index in [0.717, 1.165) is 0 Å². The van der Waals surface area contributed by atoms with Crippen molar-refractivity contribution in [2.45, 2.75) is 0 Å². The van der Waals surface area contributed by atoms with Crippen LogP contribution < -0.4 is 104 Å². The first-order chi connectivity index (χ1) is 8.83. The van der Waals surface area contributed by atoms with Crippen LogP contribution in [-0.4, -0.2) is 46.5 Å². The molecule has 0 aliphatic heterocycles. The maximum Gasteiger partial charge on any atom is 1.00 e. The van der Waals surface area contributed by atoms with Crippen molar-refractivity contribution in [3.63, 3.8) is 0 Å². The molecule has 6 N–H and O–H groups in total. The van der Waals surface area contributed by atoms with Gasteiger partial charge in [0.2, 0.25) is 0 Å². The van der Waals surface area contributed by atoms with Gasteiger partial charge in [0.25, 0.3) is 0 Å². The van der Waals surface area contributed by atoms with Crippen LogP contribution in [0.1, 0.15) is 0 Å². The van der Waals surface area contributed by atoms with E-state index in [1.807, 2.05) is 0 Å². The predicted octanol–water partition coefficient (Wildman–Crippen LogP) is -13.5. The summed E-state index contributed by atoms with van der Waals surface area (Å²) >= 11 is 0. The molecular formula is C3H6Na3O15P3. The van der Waals surface area contributed by atoms with E-state index in [2.05, 4.69) is 0 Å². The molecule has 0 aromatic carbocycles. The summed E-state index contributed by atoms with van der Waals surface area (Å²) in [5, 5.41) is 27.4. The molecule has 0 unspecified atom stereocenters. The van der Waals surface area contributed by atoms with Crippen LogP contribution in [0.5, 0.6) is 0 Å². The Bertz CT molecular complexity index is 449. The Hall–Kier alpha value is 1.86. The van der Waals surface area contributed by atoms with Crippen LogP contribution in [0, 0.1) is 0 Å². The zero-order chi connectivity index (χ0) is 18.2. The van der Waals surface area contributed by atoms with E-state index in [-0.39, 0.29) is 88.7 Å². The maximum absolute atomic E-state index is 9.36. The second kappa shape index (κ2) is 17.0. The molecule has 0 spiro atoms. The van der Waals surface area contributed by atoms with Gasteiger partial charge in [-0.2, -0.15) is 0 Å². The summed E-state index contributed by atoms with van der Waals surface area (Å²) in [7, 11) is -14.8. The third-order valence-electron chi connectivity index (χ3n) is 0.714. The van der Waals surface area contributed by atoms with Gasteiger partial charge >= 0.3 is 111 Å². The van der Waals surface area contributed by atoms with Crippen molar-refractivity contribution in [2.24, 2.45) is 0 Å². The van der Waals surface area contributed by atoms with Crippen molar-refractivity contribution < 1.29 is 161 Å². The second-order valence-corrected chi connectivity index (χ2v) is 6.79. The topological polar surface area (TPSA) is 293 Å². The summed E-state index contributed by atoms with van der Waals surface area (Å²) in [6.45, 7) is 0. The van der Waals surface area contributed by atoms with Gasteiger partial charge < -0.3 is 59.1 Å². The molecule has 0 aliphatic rings. The van der Waals surface area contributed by atoms with E-state index >= 15 is 0 Å². The normalized spacial score (nSPS) is 9.75. The van der Waals surface area contributed by atoms with Crippen LogP contribution in [0.3, 0.4) is 0 Å². The molecule has 0 bridgehead atoms. The molecule has 0 saturated heterocycles. The average Bonchev–Trinajstić information content (AvgIpc) is 2.14. The van der Waals surface area contributed by atoms with Gasteiger partial charge in [-0.25, -0.2) is 0 Å². The predicted molar refractivity (Wildman–Crippen MR) is 52.3 cm³/mol. The summed E-state index contributed by atoms with van der Waals surface area (Å²) in [6.07, 6.45) is 0. The summed E-state index contributed by atoms with van der Waals surface area (Å²) in [5.41, 5.74) is -7.02. The quantitative estimate of drug-likeness (QED) is 0.172. The largest absolute Gasteiger partial charge is 1.00 e. The number of carbonyl (C=O) groups is 3. The zero-order valence-corrected chi connectivity index (χ0v) is 20.9. The number of rotatable bonds is 3.